The van der Waals surface area contributed by atoms with E-state index in [1.807, 2.05) is 0 Å². The first-order valence-corrected chi connectivity index (χ1v) is 3.89. The number of nitrogens with zero attached hydrogens (tertiary/aromatic N) is 1. The third-order valence-corrected chi connectivity index (χ3v) is 1.68. The number of nitro benzene ring substituents is 1. The fourth-order valence-corrected chi connectivity index (χ4v) is 1.06. The summed E-state index contributed by atoms with van der Waals surface area (Å²) in [4.78, 5) is 9.80. The van der Waals surface area contributed by atoms with Gasteiger partial charge in [-0.15, -0.1) is 0 Å². The highest BCUT2D eigenvalue weighted by Gasteiger charge is 2.09. The van der Waals surface area contributed by atoms with Gasteiger partial charge in [0.1, 0.15) is 5.75 Å². The van der Waals surface area contributed by atoms with E-state index in [0.717, 1.165) is 0 Å². The third-order valence-electron chi connectivity index (χ3n) is 1.38. The number of rotatable bonds is 3. The van der Waals surface area contributed by atoms with Crippen molar-refractivity contribution in [1.82, 2.24) is 0 Å². The van der Waals surface area contributed by atoms with E-state index in [1.54, 1.807) is 0 Å². The van der Waals surface area contributed by atoms with E-state index in [9.17, 15) is 10.1 Å². The van der Waals surface area contributed by atoms with Crippen LogP contribution in [0.3, 0.4) is 0 Å². The third kappa shape index (κ3) is 2.32. The van der Waals surface area contributed by atoms with Crippen molar-refractivity contribution in [3.63, 3.8) is 0 Å². The van der Waals surface area contributed by atoms with E-state index in [0.29, 0.717) is 5.75 Å². The summed E-state index contributed by atoms with van der Waals surface area (Å²) in [6.07, 6.45) is 0. The monoisotopic (exact) mass is 200 g/mol. The molecule has 1 rings (SSSR count). The van der Waals surface area contributed by atoms with Crippen molar-refractivity contribution in [2.75, 3.05) is 6.61 Å². The summed E-state index contributed by atoms with van der Waals surface area (Å²) >= 11 is 5.70. The van der Waals surface area contributed by atoms with Crippen molar-refractivity contribution in [2.24, 2.45) is 0 Å². The standard InChI is InChI=1S/C8H7ClNO3/c1-2-13-8-4-3-6(10(11)12)5-7(8)9/h3-5H,1-2H2. The van der Waals surface area contributed by atoms with Crippen LogP contribution in [0, 0.1) is 17.0 Å². The summed E-state index contributed by atoms with van der Waals surface area (Å²) in [5.41, 5.74) is -0.0542. The van der Waals surface area contributed by atoms with Gasteiger partial charge in [0, 0.05) is 12.1 Å². The lowest BCUT2D eigenvalue weighted by Crippen LogP contribution is -1.93. The Kier molecular flexibility index (Phi) is 3.08. The van der Waals surface area contributed by atoms with Gasteiger partial charge in [-0.3, -0.25) is 10.1 Å². The smallest absolute Gasteiger partial charge is 0.271 e. The maximum atomic E-state index is 10.3. The summed E-state index contributed by atoms with van der Waals surface area (Å²) in [6.45, 7) is 3.70. The Morgan fingerprint density at radius 3 is 2.77 bits per heavy atom. The fourth-order valence-electron chi connectivity index (χ4n) is 0.830. The average molecular weight is 201 g/mol. The first kappa shape index (κ1) is 9.80. The molecule has 0 aliphatic rings. The predicted molar refractivity (Wildman–Crippen MR) is 49.0 cm³/mol. The summed E-state index contributed by atoms with van der Waals surface area (Å²) in [7, 11) is 0. The normalized spacial score (nSPS) is 9.69. The van der Waals surface area contributed by atoms with Gasteiger partial charge in [0.05, 0.1) is 16.6 Å². The SMILES string of the molecule is [CH2]COc1ccc([N+](=O)[O-])cc1Cl. The van der Waals surface area contributed by atoms with E-state index in [4.69, 9.17) is 16.3 Å². The molecule has 0 aliphatic heterocycles. The number of benzene rings is 1. The van der Waals surface area contributed by atoms with Gasteiger partial charge in [0.15, 0.2) is 0 Å². The van der Waals surface area contributed by atoms with Crippen molar-refractivity contribution < 1.29 is 9.66 Å². The zero-order valence-electron chi connectivity index (χ0n) is 6.70. The Bertz CT molecular complexity index is 327. The summed E-state index contributed by atoms with van der Waals surface area (Å²) in [5.74, 6) is 0.405. The second kappa shape index (κ2) is 4.09. The Hall–Kier alpha value is -1.29. The average Bonchev–Trinajstić information content (AvgIpc) is 2.08. The number of nitro groups is 1. The van der Waals surface area contributed by atoms with Crippen molar-refractivity contribution in [3.05, 3.63) is 40.3 Å². The van der Waals surface area contributed by atoms with Gasteiger partial charge in [-0.1, -0.05) is 11.6 Å². The molecule has 4 nitrogen and oxygen atoms in total. The van der Waals surface area contributed by atoms with Crippen LogP contribution in [-0.4, -0.2) is 11.5 Å². The molecular weight excluding hydrogens is 194 g/mol. The summed E-state index contributed by atoms with van der Waals surface area (Å²) in [6, 6.07) is 4.02. The number of hydrogen-bond donors (Lipinski definition) is 0. The van der Waals surface area contributed by atoms with Crippen LogP contribution in [0.4, 0.5) is 5.69 Å². The first-order valence-electron chi connectivity index (χ1n) is 3.51. The second-order valence-electron chi connectivity index (χ2n) is 2.22. The summed E-state index contributed by atoms with van der Waals surface area (Å²) < 4.78 is 5.01. The van der Waals surface area contributed by atoms with Gasteiger partial charge in [0.25, 0.3) is 5.69 Å². The highest BCUT2D eigenvalue weighted by Crippen LogP contribution is 2.28. The lowest BCUT2D eigenvalue weighted by molar-refractivity contribution is -0.384. The van der Waals surface area contributed by atoms with Crippen LogP contribution in [0.1, 0.15) is 0 Å². The Morgan fingerprint density at radius 2 is 2.31 bits per heavy atom. The molecule has 0 amide bonds. The van der Waals surface area contributed by atoms with E-state index in [-0.39, 0.29) is 17.3 Å². The predicted octanol–water partition coefficient (Wildman–Crippen LogP) is 2.46. The lowest BCUT2D eigenvalue weighted by atomic mass is 10.3. The van der Waals surface area contributed by atoms with E-state index < -0.39 is 4.92 Å². The van der Waals surface area contributed by atoms with E-state index in [2.05, 4.69) is 6.92 Å². The highest BCUT2D eigenvalue weighted by molar-refractivity contribution is 6.32. The Balaban J connectivity index is 2.98. The number of hydrogen-bond acceptors (Lipinski definition) is 3. The van der Waals surface area contributed by atoms with Gasteiger partial charge in [-0.05, 0) is 13.0 Å². The highest BCUT2D eigenvalue weighted by atomic mass is 35.5. The largest absolute Gasteiger partial charge is 0.492 e. The minimum atomic E-state index is -0.514. The topological polar surface area (TPSA) is 52.4 Å². The molecule has 0 N–H and O–H groups in total. The minimum absolute atomic E-state index is 0.0542. The van der Waals surface area contributed by atoms with Gasteiger partial charge in [0.2, 0.25) is 0 Å². The van der Waals surface area contributed by atoms with Crippen molar-refractivity contribution in [1.29, 1.82) is 0 Å². The maximum Gasteiger partial charge on any atom is 0.271 e. The molecule has 1 aromatic rings. The minimum Gasteiger partial charge on any atom is -0.492 e. The van der Waals surface area contributed by atoms with Crippen LogP contribution in [0.5, 0.6) is 5.75 Å². The molecule has 1 aromatic carbocycles. The van der Waals surface area contributed by atoms with Gasteiger partial charge in [-0.25, -0.2) is 0 Å². The molecule has 0 aromatic heterocycles. The van der Waals surface area contributed by atoms with Gasteiger partial charge in [-0.2, -0.15) is 0 Å². The molecule has 5 heteroatoms. The molecular formula is C8H7ClNO3. The molecule has 0 bridgehead atoms. The zero-order chi connectivity index (χ0) is 9.84. The van der Waals surface area contributed by atoms with Crippen molar-refractivity contribution in [3.8, 4) is 5.75 Å². The van der Waals surface area contributed by atoms with E-state index >= 15 is 0 Å². The molecule has 0 aliphatic carbocycles. The number of ether oxygens (including phenoxy) is 1. The van der Waals surface area contributed by atoms with Gasteiger partial charge < -0.3 is 4.74 Å². The van der Waals surface area contributed by atoms with E-state index in [1.165, 1.54) is 18.2 Å². The molecule has 0 saturated heterocycles. The molecule has 13 heavy (non-hydrogen) atoms. The van der Waals surface area contributed by atoms with Crippen molar-refractivity contribution >= 4 is 17.3 Å². The molecule has 0 saturated carbocycles. The van der Waals surface area contributed by atoms with Crippen molar-refractivity contribution in [2.45, 2.75) is 0 Å². The maximum absolute atomic E-state index is 10.3. The fraction of sp³-hybridized carbons (Fsp3) is 0.125. The van der Waals surface area contributed by atoms with Crippen LogP contribution >= 0.6 is 11.6 Å². The number of halogens is 1. The first-order chi connectivity index (χ1) is 6.15. The molecule has 69 valence electrons. The van der Waals surface area contributed by atoms with Crippen LogP contribution in [0.15, 0.2) is 18.2 Å². The zero-order valence-corrected chi connectivity index (χ0v) is 7.45. The van der Waals surface area contributed by atoms with Gasteiger partial charge >= 0.3 is 0 Å². The molecule has 1 radical (unpaired) electrons. The summed E-state index contributed by atoms with van der Waals surface area (Å²) in [5, 5.41) is 10.5. The van der Waals surface area contributed by atoms with Crippen LogP contribution in [-0.2, 0) is 0 Å². The van der Waals surface area contributed by atoms with Crippen LogP contribution in [0.25, 0.3) is 0 Å². The molecule has 0 spiro atoms. The molecule has 0 unspecified atom stereocenters. The Labute approximate surface area is 80.2 Å². The lowest BCUT2D eigenvalue weighted by Gasteiger charge is -2.03. The molecule has 0 fully saturated rings. The molecule has 0 atom stereocenters. The number of non-ortho nitro benzene ring substituents is 1. The van der Waals surface area contributed by atoms with Crippen LogP contribution in [0.2, 0.25) is 5.02 Å². The Morgan fingerprint density at radius 1 is 1.62 bits per heavy atom. The quantitative estimate of drug-likeness (QED) is 0.556. The van der Waals surface area contributed by atoms with Crippen LogP contribution < -0.4 is 4.74 Å². The molecule has 0 heterocycles. The second-order valence-corrected chi connectivity index (χ2v) is 2.63.